The minimum Gasteiger partial charge on any atom is -0.326 e. The van der Waals surface area contributed by atoms with Gasteiger partial charge >= 0.3 is 0 Å². The van der Waals surface area contributed by atoms with E-state index >= 15 is 0 Å². The smallest absolute Gasteiger partial charge is 0.221 e. The van der Waals surface area contributed by atoms with Gasteiger partial charge in [-0.3, -0.25) is 4.79 Å². The number of carbonyl (C=O) groups excluding carboxylic acids is 1. The summed E-state index contributed by atoms with van der Waals surface area (Å²) in [4.78, 5) is 20.1. The molecule has 0 spiro atoms. The summed E-state index contributed by atoms with van der Waals surface area (Å²) < 4.78 is 2.11. The Morgan fingerprint density at radius 3 is 2.65 bits per heavy atom. The third-order valence-corrected chi connectivity index (χ3v) is 4.41. The summed E-state index contributed by atoms with van der Waals surface area (Å²) in [7, 11) is 0. The van der Waals surface area contributed by atoms with E-state index in [-0.39, 0.29) is 11.9 Å². The molecule has 3 aromatic rings. The van der Waals surface area contributed by atoms with Crippen LogP contribution < -0.4 is 5.32 Å². The Morgan fingerprint density at radius 1 is 1.30 bits per heavy atom. The van der Waals surface area contributed by atoms with Gasteiger partial charge in [-0.05, 0) is 38.1 Å². The lowest BCUT2D eigenvalue weighted by Gasteiger charge is -2.15. The van der Waals surface area contributed by atoms with Gasteiger partial charge in [-0.1, -0.05) is 0 Å². The lowest BCUT2D eigenvalue weighted by Crippen LogP contribution is -2.08. The molecule has 2 aromatic heterocycles. The molecule has 0 aliphatic heterocycles. The number of amides is 1. The molecule has 0 radical (unpaired) electrons. The van der Waals surface area contributed by atoms with Crippen molar-refractivity contribution in [2.75, 3.05) is 5.32 Å². The van der Waals surface area contributed by atoms with Crippen molar-refractivity contribution in [2.45, 2.75) is 26.8 Å². The number of imidazole rings is 1. The second kappa shape index (κ2) is 6.34. The third-order valence-electron chi connectivity index (χ3n) is 3.61. The Balaban J connectivity index is 1.90. The van der Waals surface area contributed by atoms with Crippen LogP contribution in [0, 0.1) is 6.92 Å². The molecule has 0 bridgehead atoms. The number of hydrogen-bond acceptors (Lipinski definition) is 4. The quantitative estimate of drug-likeness (QED) is 0.791. The number of aryl methyl sites for hydroxylation is 1. The lowest BCUT2D eigenvalue weighted by atomic mass is 10.1. The Bertz CT molecular complexity index is 819. The highest BCUT2D eigenvalue weighted by atomic mass is 32.1. The fourth-order valence-electron chi connectivity index (χ4n) is 2.47. The van der Waals surface area contributed by atoms with E-state index in [0.717, 1.165) is 27.8 Å². The summed E-state index contributed by atoms with van der Waals surface area (Å²) >= 11 is 1.65. The van der Waals surface area contributed by atoms with Crippen molar-refractivity contribution < 1.29 is 4.79 Å². The molecule has 5 nitrogen and oxygen atoms in total. The van der Waals surface area contributed by atoms with Crippen LogP contribution >= 0.6 is 11.3 Å². The van der Waals surface area contributed by atoms with Crippen LogP contribution in [0.3, 0.4) is 0 Å². The van der Waals surface area contributed by atoms with Gasteiger partial charge in [0.05, 0.1) is 16.7 Å². The minimum atomic E-state index is -0.0771. The largest absolute Gasteiger partial charge is 0.326 e. The van der Waals surface area contributed by atoms with Crippen LogP contribution in [0.5, 0.6) is 0 Å². The number of rotatable bonds is 4. The normalized spacial score (nSPS) is 12.1. The molecular weight excluding hydrogens is 308 g/mol. The van der Waals surface area contributed by atoms with Gasteiger partial charge in [-0.15, -0.1) is 11.3 Å². The lowest BCUT2D eigenvalue weighted by molar-refractivity contribution is -0.114. The maximum absolute atomic E-state index is 11.1. The first kappa shape index (κ1) is 15.4. The fourth-order valence-corrected chi connectivity index (χ4v) is 3.17. The van der Waals surface area contributed by atoms with Crippen molar-refractivity contribution in [2.24, 2.45) is 0 Å². The average Bonchev–Trinajstić information content (AvgIpc) is 3.15. The van der Waals surface area contributed by atoms with Crippen molar-refractivity contribution in [1.82, 2.24) is 14.5 Å². The fraction of sp³-hybridized carbons (Fsp3) is 0.235. The van der Waals surface area contributed by atoms with Crippen molar-refractivity contribution in [1.29, 1.82) is 0 Å². The van der Waals surface area contributed by atoms with E-state index in [0.29, 0.717) is 0 Å². The summed E-state index contributed by atoms with van der Waals surface area (Å²) in [6.07, 6.45) is 3.77. The number of nitrogens with one attached hydrogen (secondary N) is 1. The Labute approximate surface area is 139 Å². The molecule has 0 saturated carbocycles. The highest BCUT2D eigenvalue weighted by molar-refractivity contribution is 7.09. The standard InChI is InChI=1S/C17H18N4OS/c1-11(16-10-23-13(3)20-16)21-9-8-18-17(21)14-4-6-15(7-5-14)19-12(2)22/h4-11H,1-3H3,(H,19,22)/t11-/m0/s1. The number of aromatic nitrogens is 3. The van der Waals surface area contributed by atoms with E-state index in [1.807, 2.05) is 37.4 Å². The van der Waals surface area contributed by atoms with Crippen molar-refractivity contribution in [3.63, 3.8) is 0 Å². The molecule has 6 heteroatoms. The molecule has 118 valence electrons. The molecule has 0 aliphatic carbocycles. The molecule has 2 heterocycles. The molecule has 1 amide bonds. The summed E-state index contributed by atoms with van der Waals surface area (Å²) in [5.74, 6) is 0.810. The van der Waals surface area contributed by atoms with E-state index in [9.17, 15) is 4.79 Å². The second-order valence-electron chi connectivity index (χ2n) is 5.38. The van der Waals surface area contributed by atoms with Crippen LogP contribution in [0.1, 0.15) is 30.6 Å². The monoisotopic (exact) mass is 326 g/mol. The molecular formula is C17H18N4OS. The first-order chi connectivity index (χ1) is 11.0. The number of hydrogen-bond donors (Lipinski definition) is 1. The zero-order chi connectivity index (χ0) is 16.4. The minimum absolute atomic E-state index is 0.0771. The van der Waals surface area contributed by atoms with Gasteiger partial charge in [-0.2, -0.15) is 0 Å². The zero-order valence-electron chi connectivity index (χ0n) is 13.3. The van der Waals surface area contributed by atoms with Gasteiger partial charge in [0.2, 0.25) is 5.91 Å². The van der Waals surface area contributed by atoms with Crippen molar-refractivity contribution in [3.8, 4) is 11.4 Å². The van der Waals surface area contributed by atoms with Gasteiger partial charge in [0.1, 0.15) is 5.82 Å². The van der Waals surface area contributed by atoms with Crippen LogP contribution in [0.4, 0.5) is 5.69 Å². The molecule has 0 unspecified atom stereocenters. The number of anilines is 1. The highest BCUT2D eigenvalue weighted by Gasteiger charge is 2.15. The first-order valence-corrected chi connectivity index (χ1v) is 8.25. The first-order valence-electron chi connectivity index (χ1n) is 7.37. The van der Waals surface area contributed by atoms with Gasteiger partial charge in [0.25, 0.3) is 0 Å². The van der Waals surface area contributed by atoms with Crippen LogP contribution in [-0.4, -0.2) is 20.4 Å². The van der Waals surface area contributed by atoms with Crippen molar-refractivity contribution in [3.05, 3.63) is 52.7 Å². The maximum Gasteiger partial charge on any atom is 0.221 e. The SMILES string of the molecule is CC(=O)Nc1ccc(-c2nccn2[C@@H](C)c2csc(C)n2)cc1. The number of nitrogens with zero attached hydrogens (tertiary/aromatic N) is 3. The summed E-state index contributed by atoms with van der Waals surface area (Å²) in [6.45, 7) is 5.62. The van der Waals surface area contributed by atoms with Gasteiger partial charge in [-0.25, -0.2) is 9.97 Å². The van der Waals surface area contributed by atoms with Crippen LogP contribution in [0.15, 0.2) is 42.0 Å². The van der Waals surface area contributed by atoms with Gasteiger partial charge in [0, 0.05) is 35.9 Å². The van der Waals surface area contributed by atoms with Crippen LogP contribution in [-0.2, 0) is 4.79 Å². The van der Waals surface area contributed by atoms with Crippen molar-refractivity contribution >= 4 is 22.9 Å². The van der Waals surface area contributed by atoms with Crippen LogP contribution in [0.2, 0.25) is 0 Å². The van der Waals surface area contributed by atoms with E-state index in [1.54, 1.807) is 17.5 Å². The van der Waals surface area contributed by atoms with Gasteiger partial charge < -0.3 is 9.88 Å². The van der Waals surface area contributed by atoms with E-state index in [1.165, 1.54) is 6.92 Å². The van der Waals surface area contributed by atoms with E-state index < -0.39 is 0 Å². The highest BCUT2D eigenvalue weighted by Crippen LogP contribution is 2.27. The Morgan fingerprint density at radius 2 is 2.04 bits per heavy atom. The average molecular weight is 326 g/mol. The summed E-state index contributed by atoms with van der Waals surface area (Å²) in [5, 5.41) is 5.92. The van der Waals surface area contributed by atoms with E-state index in [2.05, 4.69) is 32.2 Å². The molecule has 1 aromatic carbocycles. The molecule has 1 N–H and O–H groups in total. The van der Waals surface area contributed by atoms with Gasteiger partial charge in [0.15, 0.2) is 0 Å². The second-order valence-corrected chi connectivity index (χ2v) is 6.45. The predicted molar refractivity (Wildman–Crippen MR) is 92.6 cm³/mol. The van der Waals surface area contributed by atoms with Crippen LogP contribution in [0.25, 0.3) is 11.4 Å². The molecule has 23 heavy (non-hydrogen) atoms. The number of thiazole rings is 1. The Kier molecular flexibility index (Phi) is 4.25. The molecule has 3 rings (SSSR count). The summed E-state index contributed by atoms with van der Waals surface area (Å²) in [5.41, 5.74) is 2.83. The predicted octanol–water partition coefficient (Wildman–Crippen LogP) is 3.88. The Hall–Kier alpha value is -2.47. The number of benzene rings is 1. The maximum atomic E-state index is 11.1. The molecule has 0 saturated heterocycles. The molecule has 0 fully saturated rings. The topological polar surface area (TPSA) is 59.8 Å². The number of carbonyl (C=O) groups is 1. The zero-order valence-corrected chi connectivity index (χ0v) is 14.1. The molecule has 1 atom stereocenters. The van der Waals surface area contributed by atoms with E-state index in [4.69, 9.17) is 0 Å². The summed E-state index contributed by atoms with van der Waals surface area (Å²) in [6, 6.07) is 7.81. The molecule has 0 aliphatic rings. The third kappa shape index (κ3) is 3.32.